The maximum Gasteiger partial charge on any atom is 0.471 e. The number of halogens is 6. The first-order valence-corrected chi connectivity index (χ1v) is 8.04. The zero-order valence-electron chi connectivity index (χ0n) is 13.2. The van der Waals surface area contributed by atoms with Crippen LogP contribution in [0.4, 0.5) is 22.0 Å². The van der Waals surface area contributed by atoms with Crippen molar-refractivity contribution in [2.45, 2.75) is 43.5 Å². The van der Waals surface area contributed by atoms with E-state index in [9.17, 15) is 26.7 Å². The van der Waals surface area contributed by atoms with Gasteiger partial charge in [0, 0.05) is 29.6 Å². The molecule has 0 aromatic heterocycles. The molecule has 2 aliphatic heterocycles. The molecule has 9 heteroatoms. The van der Waals surface area contributed by atoms with E-state index in [-0.39, 0.29) is 35.5 Å². The summed E-state index contributed by atoms with van der Waals surface area (Å²) < 4.78 is 71.8. The van der Waals surface area contributed by atoms with E-state index < -0.39 is 36.3 Å². The highest BCUT2D eigenvalue weighted by molar-refractivity contribution is 6.30. The van der Waals surface area contributed by atoms with Crippen LogP contribution in [0.1, 0.15) is 30.9 Å². The number of carbonyl (C=O) groups excluding carboxylic acids is 1. The summed E-state index contributed by atoms with van der Waals surface area (Å²) in [5.74, 6) is -5.13. The third kappa shape index (κ3) is 3.10. The molecule has 0 N–H and O–H groups in total. The molecule has 1 amide bonds. The second kappa shape index (κ2) is 5.81. The van der Waals surface area contributed by atoms with E-state index in [0.29, 0.717) is 4.90 Å². The summed E-state index contributed by atoms with van der Waals surface area (Å²) in [5.41, 5.74) is -1.22. The SMILES string of the molecule is C[C@H]1C[C@@]2(CCN1C(=O)C(F)(F)F)OCC(F)(F)c1ccc(Cl)cc12. The number of likely N-dealkylation sites (tertiary alicyclic amines) is 1. The first-order chi connectivity index (χ1) is 11.5. The van der Waals surface area contributed by atoms with Gasteiger partial charge in [-0.3, -0.25) is 4.79 Å². The molecule has 1 aromatic rings. The van der Waals surface area contributed by atoms with Crippen molar-refractivity contribution in [3.63, 3.8) is 0 Å². The number of rotatable bonds is 0. The number of alkyl halides is 5. The van der Waals surface area contributed by atoms with Gasteiger partial charge in [0.1, 0.15) is 6.61 Å². The number of benzene rings is 1. The van der Waals surface area contributed by atoms with Crippen molar-refractivity contribution in [3.8, 4) is 0 Å². The first kappa shape index (κ1) is 18.4. The van der Waals surface area contributed by atoms with Crippen molar-refractivity contribution in [1.29, 1.82) is 0 Å². The predicted molar refractivity (Wildman–Crippen MR) is 79.4 cm³/mol. The van der Waals surface area contributed by atoms with Crippen LogP contribution in [-0.4, -0.2) is 36.2 Å². The van der Waals surface area contributed by atoms with Crippen LogP contribution in [0.2, 0.25) is 5.02 Å². The number of hydrogen-bond acceptors (Lipinski definition) is 2. The average molecular weight is 384 g/mol. The van der Waals surface area contributed by atoms with Gasteiger partial charge in [0.25, 0.3) is 5.92 Å². The molecule has 2 heterocycles. The van der Waals surface area contributed by atoms with E-state index in [1.165, 1.54) is 25.1 Å². The molecule has 1 spiro atoms. The summed E-state index contributed by atoms with van der Waals surface area (Å²) in [6.45, 7) is 0.351. The number of fused-ring (bicyclic) bond motifs is 2. The predicted octanol–water partition coefficient (Wildman–Crippen LogP) is 4.23. The number of amides is 1. The van der Waals surface area contributed by atoms with Gasteiger partial charge in [-0.25, -0.2) is 0 Å². The number of piperidine rings is 1. The molecule has 3 nitrogen and oxygen atoms in total. The van der Waals surface area contributed by atoms with E-state index in [0.717, 1.165) is 0 Å². The Morgan fingerprint density at radius 3 is 2.60 bits per heavy atom. The van der Waals surface area contributed by atoms with E-state index in [1.807, 2.05) is 0 Å². The molecule has 138 valence electrons. The molecule has 2 aliphatic rings. The van der Waals surface area contributed by atoms with Gasteiger partial charge in [0.2, 0.25) is 0 Å². The Hall–Kier alpha value is -1.41. The topological polar surface area (TPSA) is 29.5 Å². The van der Waals surface area contributed by atoms with Gasteiger partial charge in [-0.15, -0.1) is 0 Å². The maximum absolute atomic E-state index is 14.1. The van der Waals surface area contributed by atoms with Gasteiger partial charge in [0.05, 0.1) is 5.60 Å². The molecule has 1 saturated heterocycles. The van der Waals surface area contributed by atoms with Crippen molar-refractivity contribution in [1.82, 2.24) is 4.90 Å². The summed E-state index contributed by atoms with van der Waals surface area (Å²) in [6, 6.07) is 3.12. The molecule has 0 bridgehead atoms. The molecule has 0 radical (unpaired) electrons. The van der Waals surface area contributed by atoms with Crippen molar-refractivity contribution in [2.24, 2.45) is 0 Å². The minimum Gasteiger partial charge on any atom is -0.363 e. The van der Waals surface area contributed by atoms with Crippen LogP contribution in [0.25, 0.3) is 0 Å². The second-order valence-electron chi connectivity index (χ2n) is 6.48. The smallest absolute Gasteiger partial charge is 0.363 e. The van der Waals surface area contributed by atoms with Crippen LogP contribution in [-0.2, 0) is 21.1 Å². The van der Waals surface area contributed by atoms with Crippen LogP contribution in [0.5, 0.6) is 0 Å². The fourth-order valence-corrected chi connectivity index (χ4v) is 3.82. The Balaban J connectivity index is 1.95. The zero-order valence-corrected chi connectivity index (χ0v) is 13.9. The fourth-order valence-electron chi connectivity index (χ4n) is 3.65. The summed E-state index contributed by atoms with van der Waals surface area (Å²) in [6.07, 6.45) is -5.00. The first-order valence-electron chi connectivity index (χ1n) is 7.66. The Kier molecular flexibility index (Phi) is 4.27. The van der Waals surface area contributed by atoms with Gasteiger partial charge >= 0.3 is 12.1 Å². The summed E-state index contributed by atoms with van der Waals surface area (Å²) in [4.78, 5) is 12.2. The third-order valence-corrected chi connectivity index (χ3v) is 5.05. The lowest BCUT2D eigenvalue weighted by Crippen LogP contribution is -2.56. The Morgan fingerprint density at radius 1 is 1.32 bits per heavy atom. The van der Waals surface area contributed by atoms with Crippen LogP contribution >= 0.6 is 11.6 Å². The number of hydrogen-bond donors (Lipinski definition) is 0. The lowest BCUT2D eigenvalue weighted by atomic mass is 9.76. The van der Waals surface area contributed by atoms with Crippen molar-refractivity contribution in [2.75, 3.05) is 13.2 Å². The summed E-state index contributed by atoms with van der Waals surface area (Å²) >= 11 is 5.93. The second-order valence-corrected chi connectivity index (χ2v) is 6.91. The lowest BCUT2D eigenvalue weighted by molar-refractivity contribution is -0.207. The minimum absolute atomic E-state index is 0.0113. The molecular formula is C16H15ClF5NO2. The van der Waals surface area contributed by atoms with E-state index >= 15 is 0 Å². The lowest BCUT2D eigenvalue weighted by Gasteiger charge is -2.49. The quantitative estimate of drug-likeness (QED) is 0.627. The summed E-state index contributed by atoms with van der Waals surface area (Å²) in [5, 5.41) is 0.237. The molecule has 2 atom stereocenters. The van der Waals surface area contributed by atoms with Crippen LogP contribution in [0, 0.1) is 0 Å². The molecule has 0 unspecified atom stereocenters. The standard InChI is InChI=1S/C16H15ClF5NO2/c1-9-7-14(4-5-23(9)13(24)16(20,21)22)12-6-10(17)2-3-11(12)15(18,19)8-25-14/h2-3,6,9H,4-5,7-8H2,1H3/t9-,14+/m0/s1. The van der Waals surface area contributed by atoms with Gasteiger partial charge in [0.15, 0.2) is 0 Å². The molecule has 0 aliphatic carbocycles. The van der Waals surface area contributed by atoms with E-state index in [2.05, 4.69) is 0 Å². The Morgan fingerprint density at radius 2 is 2.00 bits per heavy atom. The van der Waals surface area contributed by atoms with Gasteiger partial charge in [-0.2, -0.15) is 22.0 Å². The number of carbonyl (C=O) groups is 1. The third-order valence-electron chi connectivity index (χ3n) is 4.81. The van der Waals surface area contributed by atoms with Gasteiger partial charge in [-0.1, -0.05) is 17.7 Å². The van der Waals surface area contributed by atoms with Crippen molar-refractivity contribution in [3.05, 3.63) is 34.3 Å². The number of ether oxygens (including phenoxy) is 1. The Bertz CT molecular complexity index is 708. The Labute approximate surface area is 145 Å². The molecule has 25 heavy (non-hydrogen) atoms. The van der Waals surface area contributed by atoms with Crippen molar-refractivity contribution >= 4 is 17.5 Å². The van der Waals surface area contributed by atoms with Gasteiger partial charge < -0.3 is 9.64 Å². The van der Waals surface area contributed by atoms with Crippen molar-refractivity contribution < 1.29 is 31.5 Å². The van der Waals surface area contributed by atoms with Crippen LogP contribution in [0.3, 0.4) is 0 Å². The average Bonchev–Trinajstić information content (AvgIpc) is 2.50. The fraction of sp³-hybridized carbons (Fsp3) is 0.562. The molecule has 1 aromatic carbocycles. The summed E-state index contributed by atoms with van der Waals surface area (Å²) in [7, 11) is 0. The largest absolute Gasteiger partial charge is 0.471 e. The zero-order chi connectivity index (χ0) is 18.6. The van der Waals surface area contributed by atoms with Crippen LogP contribution in [0.15, 0.2) is 18.2 Å². The molecule has 0 saturated carbocycles. The highest BCUT2D eigenvalue weighted by atomic mass is 35.5. The highest BCUT2D eigenvalue weighted by Gasteiger charge is 2.54. The number of nitrogens with zero attached hydrogens (tertiary/aromatic N) is 1. The van der Waals surface area contributed by atoms with Gasteiger partial charge in [-0.05, 0) is 31.0 Å². The molecular weight excluding hydrogens is 369 g/mol. The van der Waals surface area contributed by atoms with E-state index in [1.54, 1.807) is 0 Å². The normalized spacial score (nSPS) is 28.8. The highest BCUT2D eigenvalue weighted by Crippen LogP contribution is 2.50. The minimum atomic E-state index is -4.97. The van der Waals surface area contributed by atoms with E-state index in [4.69, 9.17) is 16.3 Å². The van der Waals surface area contributed by atoms with Crippen LogP contribution < -0.4 is 0 Å². The molecule has 3 rings (SSSR count). The molecule has 1 fully saturated rings. The monoisotopic (exact) mass is 383 g/mol. The maximum atomic E-state index is 14.1.